The van der Waals surface area contributed by atoms with Gasteiger partial charge in [0.15, 0.2) is 0 Å². The van der Waals surface area contributed by atoms with E-state index in [0.29, 0.717) is 10.4 Å². The molecule has 1 N–H and O–H groups in total. The summed E-state index contributed by atoms with van der Waals surface area (Å²) < 4.78 is 1.88. The average Bonchev–Trinajstić information content (AvgIpc) is 2.83. The smallest absolute Gasteiger partial charge is 0.282 e. The molecule has 1 fully saturated rings. The highest BCUT2D eigenvalue weighted by atomic mass is 79.9. The number of anilines is 1. The maximum absolute atomic E-state index is 11.7. The van der Waals surface area contributed by atoms with E-state index < -0.39 is 0 Å². The number of rotatable bonds is 4. The molecule has 5 nitrogen and oxygen atoms in total. The van der Waals surface area contributed by atoms with Crippen LogP contribution in [0.25, 0.3) is 0 Å². The van der Waals surface area contributed by atoms with Crippen molar-refractivity contribution in [1.29, 1.82) is 0 Å². The monoisotopic (exact) mass is 314 g/mol. The Bertz CT molecular complexity index is 474. The Morgan fingerprint density at radius 2 is 2.39 bits per heavy atom. The number of halogens is 1. The number of hydrogen-bond donors (Lipinski definition) is 1. The third kappa shape index (κ3) is 2.92. The van der Waals surface area contributed by atoms with Crippen LogP contribution in [0.2, 0.25) is 0 Å². The van der Waals surface area contributed by atoms with E-state index in [4.69, 9.17) is 0 Å². The molecule has 0 aromatic carbocycles. The van der Waals surface area contributed by atoms with Crippen LogP contribution < -0.4 is 10.9 Å². The summed E-state index contributed by atoms with van der Waals surface area (Å²) in [5.41, 5.74) is 0.676. The molecule has 0 saturated carbocycles. The molecule has 0 bridgehead atoms. The van der Waals surface area contributed by atoms with Gasteiger partial charge in [0.2, 0.25) is 0 Å². The van der Waals surface area contributed by atoms with Crippen molar-refractivity contribution < 1.29 is 0 Å². The number of nitrogens with one attached hydrogen (secondary N) is 1. The zero-order valence-corrected chi connectivity index (χ0v) is 12.4. The van der Waals surface area contributed by atoms with E-state index in [1.807, 2.05) is 0 Å². The van der Waals surface area contributed by atoms with E-state index in [0.717, 1.165) is 25.3 Å². The summed E-state index contributed by atoms with van der Waals surface area (Å²) >= 11 is 3.32. The SMILES string of the molecule is CCN1CCC(CNc2cnn(C)c(=O)c2Br)C1. The Morgan fingerprint density at radius 3 is 3.06 bits per heavy atom. The first-order valence-electron chi connectivity index (χ1n) is 6.29. The third-order valence-corrected chi connectivity index (χ3v) is 4.24. The summed E-state index contributed by atoms with van der Waals surface area (Å²) in [5.74, 6) is 0.654. The second kappa shape index (κ2) is 5.84. The Balaban J connectivity index is 1.95. The van der Waals surface area contributed by atoms with Crippen LogP contribution in [0.1, 0.15) is 13.3 Å². The van der Waals surface area contributed by atoms with E-state index in [-0.39, 0.29) is 5.56 Å². The van der Waals surface area contributed by atoms with Gasteiger partial charge in [0, 0.05) is 20.1 Å². The number of aromatic nitrogens is 2. The van der Waals surface area contributed by atoms with Crippen molar-refractivity contribution in [2.45, 2.75) is 13.3 Å². The number of hydrogen-bond acceptors (Lipinski definition) is 4. The van der Waals surface area contributed by atoms with Gasteiger partial charge in [0.1, 0.15) is 4.47 Å². The van der Waals surface area contributed by atoms with Gasteiger partial charge < -0.3 is 10.2 Å². The van der Waals surface area contributed by atoms with Crippen LogP contribution in [-0.2, 0) is 7.05 Å². The maximum Gasteiger partial charge on any atom is 0.282 e. The van der Waals surface area contributed by atoms with E-state index in [2.05, 4.69) is 38.2 Å². The van der Waals surface area contributed by atoms with Gasteiger partial charge in [-0.3, -0.25) is 4.79 Å². The van der Waals surface area contributed by atoms with Crippen LogP contribution >= 0.6 is 15.9 Å². The molecule has 1 aromatic heterocycles. The highest BCUT2D eigenvalue weighted by molar-refractivity contribution is 9.10. The molecule has 1 unspecified atom stereocenters. The molecule has 6 heteroatoms. The molecule has 100 valence electrons. The highest BCUT2D eigenvalue weighted by Crippen LogP contribution is 2.19. The molecular formula is C12H19BrN4O. The summed E-state index contributed by atoms with van der Waals surface area (Å²) in [5, 5.41) is 7.34. The van der Waals surface area contributed by atoms with E-state index in [9.17, 15) is 4.79 Å². The molecule has 18 heavy (non-hydrogen) atoms. The van der Waals surface area contributed by atoms with Crippen LogP contribution in [0, 0.1) is 5.92 Å². The van der Waals surface area contributed by atoms with Gasteiger partial charge >= 0.3 is 0 Å². The minimum absolute atomic E-state index is 0.110. The van der Waals surface area contributed by atoms with Gasteiger partial charge in [-0.25, -0.2) is 4.68 Å². The van der Waals surface area contributed by atoms with Gasteiger partial charge in [0.25, 0.3) is 5.56 Å². The first-order valence-corrected chi connectivity index (χ1v) is 7.09. The molecule has 0 radical (unpaired) electrons. The second-order valence-corrected chi connectivity index (χ2v) is 5.52. The molecule has 2 rings (SSSR count). The van der Waals surface area contributed by atoms with Crippen LogP contribution in [0.15, 0.2) is 15.5 Å². The fourth-order valence-electron chi connectivity index (χ4n) is 2.25. The predicted molar refractivity (Wildman–Crippen MR) is 75.9 cm³/mol. The fraction of sp³-hybridized carbons (Fsp3) is 0.667. The fourth-order valence-corrected chi connectivity index (χ4v) is 2.75. The summed E-state index contributed by atoms with van der Waals surface area (Å²) in [4.78, 5) is 14.1. The first-order chi connectivity index (χ1) is 8.61. The summed E-state index contributed by atoms with van der Waals surface area (Å²) in [6, 6.07) is 0. The second-order valence-electron chi connectivity index (χ2n) is 4.73. The molecule has 1 aliphatic heterocycles. The van der Waals surface area contributed by atoms with E-state index >= 15 is 0 Å². The molecular weight excluding hydrogens is 296 g/mol. The van der Waals surface area contributed by atoms with Gasteiger partial charge in [-0.1, -0.05) is 6.92 Å². The molecule has 1 aliphatic rings. The van der Waals surface area contributed by atoms with Gasteiger partial charge in [-0.2, -0.15) is 5.10 Å². The molecule has 1 atom stereocenters. The van der Waals surface area contributed by atoms with Crippen molar-refractivity contribution in [3.63, 3.8) is 0 Å². The van der Waals surface area contributed by atoms with Gasteiger partial charge in [-0.05, 0) is 41.4 Å². The number of likely N-dealkylation sites (tertiary alicyclic amines) is 1. The predicted octanol–water partition coefficient (Wildman–Crippen LogP) is 1.30. The highest BCUT2D eigenvalue weighted by Gasteiger charge is 2.21. The zero-order chi connectivity index (χ0) is 13.1. The Morgan fingerprint density at radius 1 is 1.61 bits per heavy atom. The van der Waals surface area contributed by atoms with Crippen molar-refractivity contribution >= 4 is 21.6 Å². The molecule has 1 aromatic rings. The lowest BCUT2D eigenvalue weighted by Gasteiger charge is -2.15. The van der Waals surface area contributed by atoms with Crippen molar-refractivity contribution in [1.82, 2.24) is 14.7 Å². The van der Waals surface area contributed by atoms with Crippen LogP contribution in [0.4, 0.5) is 5.69 Å². The van der Waals surface area contributed by atoms with Crippen molar-refractivity contribution in [3.8, 4) is 0 Å². The average molecular weight is 315 g/mol. The largest absolute Gasteiger partial charge is 0.382 e. The summed E-state index contributed by atoms with van der Waals surface area (Å²) in [7, 11) is 1.65. The van der Waals surface area contributed by atoms with Crippen molar-refractivity contribution in [3.05, 3.63) is 21.0 Å². The van der Waals surface area contributed by atoms with E-state index in [1.54, 1.807) is 13.2 Å². The maximum atomic E-state index is 11.7. The summed E-state index contributed by atoms with van der Waals surface area (Å²) in [6.45, 7) is 6.52. The van der Waals surface area contributed by atoms with Crippen molar-refractivity contribution in [2.24, 2.45) is 13.0 Å². The Hall–Kier alpha value is -0.880. The molecule has 1 saturated heterocycles. The quantitative estimate of drug-likeness (QED) is 0.910. The van der Waals surface area contributed by atoms with Gasteiger partial charge in [0.05, 0.1) is 11.9 Å². The molecule has 0 spiro atoms. The first kappa shape index (κ1) is 13.5. The lowest BCUT2D eigenvalue weighted by molar-refractivity contribution is 0.345. The number of nitrogens with zero attached hydrogens (tertiary/aromatic N) is 3. The van der Waals surface area contributed by atoms with Gasteiger partial charge in [-0.15, -0.1) is 0 Å². The lowest BCUT2D eigenvalue weighted by Crippen LogP contribution is -2.24. The summed E-state index contributed by atoms with van der Waals surface area (Å²) in [6.07, 6.45) is 2.91. The minimum atomic E-state index is -0.110. The topological polar surface area (TPSA) is 50.2 Å². The van der Waals surface area contributed by atoms with Crippen LogP contribution in [0.5, 0.6) is 0 Å². The molecule has 0 amide bonds. The standard InChI is InChI=1S/C12H19BrN4O/c1-3-17-5-4-9(8-17)6-14-10-7-15-16(2)12(18)11(10)13/h7,9,14H,3-6,8H2,1-2H3. The Labute approximate surface area is 115 Å². The third-order valence-electron chi connectivity index (χ3n) is 3.48. The number of aryl methyl sites for hydroxylation is 1. The lowest BCUT2D eigenvalue weighted by atomic mass is 10.1. The van der Waals surface area contributed by atoms with Crippen LogP contribution in [0.3, 0.4) is 0 Å². The zero-order valence-electron chi connectivity index (χ0n) is 10.8. The normalized spacial score (nSPS) is 20.3. The molecule has 0 aliphatic carbocycles. The Kier molecular flexibility index (Phi) is 4.40. The minimum Gasteiger partial charge on any atom is -0.382 e. The van der Waals surface area contributed by atoms with E-state index in [1.165, 1.54) is 17.6 Å². The molecule has 2 heterocycles. The van der Waals surface area contributed by atoms with Crippen molar-refractivity contribution in [2.75, 3.05) is 31.5 Å². The van der Waals surface area contributed by atoms with Crippen LogP contribution in [-0.4, -0.2) is 40.9 Å².